The van der Waals surface area contributed by atoms with Crippen LogP contribution in [0.5, 0.6) is 5.75 Å². The second-order valence-electron chi connectivity index (χ2n) is 9.60. The number of aromatic nitrogens is 5. The maximum Gasteiger partial charge on any atom is 0.251 e. The Morgan fingerprint density at radius 2 is 2.03 bits per heavy atom. The van der Waals surface area contributed by atoms with Gasteiger partial charge in [-0.1, -0.05) is 0 Å². The van der Waals surface area contributed by atoms with Crippen LogP contribution in [0.2, 0.25) is 0 Å². The number of carbonyl (C=O) groups is 1. The molecule has 0 radical (unpaired) electrons. The van der Waals surface area contributed by atoms with Gasteiger partial charge < -0.3 is 20.1 Å². The molecule has 1 aliphatic rings. The molecule has 2 aromatic carbocycles. The first kappa shape index (κ1) is 25.5. The molecule has 0 spiro atoms. The van der Waals surface area contributed by atoms with E-state index < -0.39 is 24.3 Å². The monoisotopic (exact) mass is 519 g/mol. The standard InChI is InChI=1S/C27H30FN7O3/c1-15-11-18(5-8-23(15)38-24-9-10-35(13-21(24)28)26(37)17(3)36)25-29-14-30-27(32-25)31-19-6-7-20-16(2)33-34(4)22(20)12-19/h5-8,11-12,14,17,21,24,36H,9-10,13H2,1-4H3,(H,29,30,31,32)/t17-,21+,24-/m0/s1. The summed E-state index contributed by atoms with van der Waals surface area (Å²) in [6.45, 7) is 5.48. The normalized spacial score (nSPS) is 18.4. The Balaban J connectivity index is 1.28. The van der Waals surface area contributed by atoms with Crippen molar-refractivity contribution in [2.24, 2.45) is 7.05 Å². The van der Waals surface area contributed by atoms with E-state index in [9.17, 15) is 14.3 Å². The van der Waals surface area contributed by atoms with Crippen molar-refractivity contribution in [2.75, 3.05) is 18.4 Å². The fraction of sp³-hybridized carbons (Fsp3) is 0.370. The maximum atomic E-state index is 14.8. The Hall–Kier alpha value is -4.12. The molecule has 0 bridgehead atoms. The van der Waals surface area contributed by atoms with Gasteiger partial charge in [-0.3, -0.25) is 9.48 Å². The van der Waals surface area contributed by atoms with E-state index in [1.54, 1.807) is 6.07 Å². The molecular formula is C27H30FN7O3. The van der Waals surface area contributed by atoms with Gasteiger partial charge in [-0.05, 0) is 62.7 Å². The molecule has 4 aromatic rings. The first-order valence-electron chi connectivity index (χ1n) is 12.5. The number of hydrogen-bond donors (Lipinski definition) is 2. The smallest absolute Gasteiger partial charge is 0.251 e. The predicted octanol–water partition coefficient (Wildman–Crippen LogP) is 3.48. The highest BCUT2D eigenvalue weighted by atomic mass is 19.1. The van der Waals surface area contributed by atoms with Crippen molar-refractivity contribution < 1.29 is 19.0 Å². The van der Waals surface area contributed by atoms with Gasteiger partial charge in [-0.15, -0.1) is 0 Å². The number of alkyl halides is 1. The Bertz CT molecular complexity index is 1490. The molecule has 0 aliphatic carbocycles. The number of fused-ring (bicyclic) bond motifs is 1. The number of benzene rings is 2. The second-order valence-corrected chi connectivity index (χ2v) is 9.60. The number of hydrogen-bond acceptors (Lipinski definition) is 8. The molecule has 38 heavy (non-hydrogen) atoms. The zero-order chi connectivity index (χ0) is 27.0. The summed E-state index contributed by atoms with van der Waals surface area (Å²) < 4.78 is 22.6. The molecule has 1 amide bonds. The summed E-state index contributed by atoms with van der Waals surface area (Å²) >= 11 is 0. The third-order valence-electron chi connectivity index (χ3n) is 6.73. The number of ether oxygens (including phenoxy) is 1. The highest BCUT2D eigenvalue weighted by Crippen LogP contribution is 2.29. The van der Waals surface area contributed by atoms with Crippen molar-refractivity contribution in [3.63, 3.8) is 0 Å². The van der Waals surface area contributed by atoms with Crippen LogP contribution in [-0.2, 0) is 11.8 Å². The molecule has 5 rings (SSSR count). The van der Waals surface area contributed by atoms with Gasteiger partial charge in [0.05, 0.1) is 17.8 Å². The van der Waals surface area contributed by atoms with Crippen LogP contribution >= 0.6 is 0 Å². The number of carbonyl (C=O) groups excluding carboxylic acids is 1. The van der Waals surface area contributed by atoms with Gasteiger partial charge in [-0.2, -0.15) is 10.1 Å². The molecule has 3 heterocycles. The number of nitrogens with one attached hydrogen (secondary N) is 1. The van der Waals surface area contributed by atoms with Crippen molar-refractivity contribution >= 4 is 28.4 Å². The zero-order valence-electron chi connectivity index (χ0n) is 21.7. The second kappa shape index (κ2) is 10.3. The summed E-state index contributed by atoms with van der Waals surface area (Å²) in [4.78, 5) is 26.5. The Kier molecular flexibility index (Phi) is 6.94. The highest BCUT2D eigenvalue weighted by Gasteiger charge is 2.34. The third-order valence-corrected chi connectivity index (χ3v) is 6.73. The van der Waals surface area contributed by atoms with Gasteiger partial charge in [0.25, 0.3) is 5.91 Å². The number of aliphatic hydroxyl groups excluding tert-OH is 1. The molecule has 1 saturated heterocycles. The molecular weight excluding hydrogens is 489 g/mol. The van der Waals surface area contributed by atoms with E-state index in [0.717, 1.165) is 33.4 Å². The average Bonchev–Trinajstić information content (AvgIpc) is 3.18. The largest absolute Gasteiger partial charge is 0.487 e. The first-order valence-corrected chi connectivity index (χ1v) is 12.5. The molecule has 1 aliphatic heterocycles. The Labute approximate surface area is 219 Å². The predicted molar refractivity (Wildman–Crippen MR) is 141 cm³/mol. The molecule has 11 heteroatoms. The van der Waals surface area contributed by atoms with Crippen LogP contribution in [0.4, 0.5) is 16.0 Å². The number of likely N-dealkylation sites (tertiary alicyclic amines) is 1. The average molecular weight is 520 g/mol. The van der Waals surface area contributed by atoms with E-state index in [-0.39, 0.29) is 6.54 Å². The summed E-state index contributed by atoms with van der Waals surface area (Å²) in [6, 6.07) is 11.5. The summed E-state index contributed by atoms with van der Waals surface area (Å²) in [6.07, 6.45) is -1.38. The van der Waals surface area contributed by atoms with Crippen LogP contribution in [0.1, 0.15) is 24.6 Å². The summed E-state index contributed by atoms with van der Waals surface area (Å²) in [5.74, 6) is 0.988. The molecule has 10 nitrogen and oxygen atoms in total. The number of amides is 1. The molecule has 1 fully saturated rings. The minimum atomic E-state index is -1.35. The van der Waals surface area contributed by atoms with Crippen molar-refractivity contribution in [1.82, 2.24) is 29.6 Å². The lowest BCUT2D eigenvalue weighted by atomic mass is 10.0. The Morgan fingerprint density at radius 1 is 1.21 bits per heavy atom. The van der Waals surface area contributed by atoms with Crippen molar-refractivity contribution in [3.05, 3.63) is 54.0 Å². The van der Waals surface area contributed by atoms with Gasteiger partial charge in [0.2, 0.25) is 5.95 Å². The van der Waals surface area contributed by atoms with E-state index >= 15 is 0 Å². The SMILES string of the molecule is Cc1cc(-c2ncnc(Nc3ccc4c(C)nn(C)c4c3)n2)ccc1O[C@H]1CCN(C(=O)[C@H](C)O)C[C@H]1F. The first-order chi connectivity index (χ1) is 18.2. The van der Waals surface area contributed by atoms with Crippen LogP contribution in [-0.4, -0.2) is 72.1 Å². The topological polar surface area (TPSA) is 118 Å². The van der Waals surface area contributed by atoms with Gasteiger partial charge in [0, 0.05) is 36.7 Å². The van der Waals surface area contributed by atoms with Gasteiger partial charge >= 0.3 is 0 Å². The zero-order valence-corrected chi connectivity index (χ0v) is 21.7. The lowest BCUT2D eigenvalue weighted by molar-refractivity contribution is -0.143. The minimum absolute atomic E-state index is 0.0979. The van der Waals surface area contributed by atoms with Crippen LogP contribution in [0.15, 0.2) is 42.7 Å². The lowest BCUT2D eigenvalue weighted by Crippen LogP contribution is -2.51. The van der Waals surface area contributed by atoms with Crippen molar-refractivity contribution in [2.45, 2.75) is 45.6 Å². The minimum Gasteiger partial charge on any atom is -0.487 e. The van der Waals surface area contributed by atoms with E-state index in [4.69, 9.17) is 4.74 Å². The number of anilines is 2. The number of nitrogens with zero attached hydrogens (tertiary/aromatic N) is 6. The summed E-state index contributed by atoms with van der Waals surface area (Å²) in [7, 11) is 1.91. The quantitative estimate of drug-likeness (QED) is 0.398. The third kappa shape index (κ3) is 5.14. The van der Waals surface area contributed by atoms with E-state index in [1.807, 2.05) is 55.9 Å². The lowest BCUT2D eigenvalue weighted by Gasteiger charge is -2.35. The summed E-state index contributed by atoms with van der Waals surface area (Å²) in [5, 5.41) is 18.3. The highest BCUT2D eigenvalue weighted by molar-refractivity contribution is 5.85. The molecule has 3 atom stereocenters. The Morgan fingerprint density at radius 3 is 2.76 bits per heavy atom. The number of rotatable bonds is 6. The molecule has 0 saturated carbocycles. The number of aliphatic hydroxyl groups is 1. The van der Waals surface area contributed by atoms with Crippen molar-refractivity contribution in [1.29, 1.82) is 0 Å². The van der Waals surface area contributed by atoms with Crippen LogP contribution in [0, 0.1) is 13.8 Å². The molecule has 0 unspecified atom stereocenters. The number of piperidine rings is 1. The number of aryl methyl sites for hydroxylation is 3. The van der Waals surface area contributed by atoms with Gasteiger partial charge in [0.1, 0.15) is 24.3 Å². The fourth-order valence-corrected chi connectivity index (χ4v) is 4.70. The van der Waals surface area contributed by atoms with Crippen molar-refractivity contribution in [3.8, 4) is 17.1 Å². The summed E-state index contributed by atoms with van der Waals surface area (Å²) in [5.41, 5.74) is 4.39. The van der Waals surface area contributed by atoms with Crippen LogP contribution < -0.4 is 10.1 Å². The van der Waals surface area contributed by atoms with E-state index in [2.05, 4.69) is 25.4 Å². The maximum absolute atomic E-state index is 14.8. The van der Waals surface area contributed by atoms with Gasteiger partial charge in [0.15, 0.2) is 12.0 Å². The molecule has 198 valence electrons. The fourth-order valence-electron chi connectivity index (χ4n) is 4.70. The number of halogens is 1. The van der Waals surface area contributed by atoms with Crippen LogP contribution in [0.3, 0.4) is 0 Å². The van der Waals surface area contributed by atoms with E-state index in [1.165, 1.54) is 18.2 Å². The van der Waals surface area contributed by atoms with E-state index in [0.29, 0.717) is 30.5 Å². The van der Waals surface area contributed by atoms with Crippen LogP contribution in [0.25, 0.3) is 22.3 Å². The molecule has 2 aromatic heterocycles. The molecule has 2 N–H and O–H groups in total. The van der Waals surface area contributed by atoms with Gasteiger partial charge in [-0.25, -0.2) is 14.4 Å².